The summed E-state index contributed by atoms with van der Waals surface area (Å²) in [4.78, 5) is 23.1. The molecule has 24 heavy (non-hydrogen) atoms. The van der Waals surface area contributed by atoms with Crippen LogP contribution in [0, 0.1) is 6.92 Å². The lowest BCUT2D eigenvalue weighted by molar-refractivity contribution is -0.255. The minimum atomic E-state index is -1.32. The van der Waals surface area contributed by atoms with Gasteiger partial charge in [-0.05, 0) is 55.0 Å². The number of carbonyl (C=O) groups is 2. The van der Waals surface area contributed by atoms with E-state index in [1.807, 2.05) is 13.0 Å². The Hall–Kier alpha value is -2.93. The summed E-state index contributed by atoms with van der Waals surface area (Å²) in [6, 6.07) is 11.2. The second kappa shape index (κ2) is 7.56. The number of anilines is 1. The summed E-state index contributed by atoms with van der Waals surface area (Å²) in [6.07, 6.45) is 0. The molecular formula is C17H15N2O4S-. The van der Waals surface area contributed by atoms with Crippen molar-refractivity contribution in [2.24, 2.45) is 0 Å². The maximum Gasteiger partial charge on any atom is 0.257 e. The first kappa shape index (κ1) is 17.4. The molecule has 0 radical (unpaired) electrons. The van der Waals surface area contributed by atoms with Crippen LogP contribution in [0.3, 0.4) is 0 Å². The van der Waals surface area contributed by atoms with Gasteiger partial charge in [0.2, 0.25) is 0 Å². The minimum absolute atomic E-state index is 0.0234. The third kappa shape index (κ3) is 4.30. The molecule has 0 aliphatic rings. The van der Waals surface area contributed by atoms with E-state index in [9.17, 15) is 14.7 Å². The zero-order valence-electron chi connectivity index (χ0n) is 13.1. The molecule has 0 spiro atoms. The zero-order chi connectivity index (χ0) is 17.7. The molecule has 0 saturated carbocycles. The molecule has 0 atom stereocenters. The Labute approximate surface area is 144 Å². The van der Waals surface area contributed by atoms with Crippen LogP contribution in [0.5, 0.6) is 5.75 Å². The monoisotopic (exact) mass is 343 g/mol. The van der Waals surface area contributed by atoms with Gasteiger partial charge in [0, 0.05) is 5.56 Å². The molecule has 7 heteroatoms. The summed E-state index contributed by atoms with van der Waals surface area (Å²) in [5.41, 5.74) is 1.69. The van der Waals surface area contributed by atoms with Gasteiger partial charge in [0.25, 0.3) is 5.91 Å². The number of benzene rings is 2. The standard InChI is InChI=1S/C17H16N2O4S/c1-10-4-3-5-11(8-10)15(20)19-17(24)18-13-9-12(16(21)22)6-7-14(13)23-2/h3-9H,1-2H3,(H,21,22)(H2,18,19,20,24)/p-1. The Morgan fingerprint density at radius 2 is 1.88 bits per heavy atom. The largest absolute Gasteiger partial charge is 0.545 e. The maximum atomic E-state index is 12.2. The van der Waals surface area contributed by atoms with Crippen LogP contribution in [-0.4, -0.2) is 24.1 Å². The lowest BCUT2D eigenvalue weighted by Crippen LogP contribution is -2.34. The highest BCUT2D eigenvalue weighted by Gasteiger charge is 2.11. The van der Waals surface area contributed by atoms with E-state index in [2.05, 4.69) is 10.6 Å². The van der Waals surface area contributed by atoms with Crippen LogP contribution in [0.4, 0.5) is 5.69 Å². The summed E-state index contributed by atoms with van der Waals surface area (Å²) in [5.74, 6) is -1.31. The fourth-order valence-corrected chi connectivity index (χ4v) is 2.25. The average Bonchev–Trinajstić information content (AvgIpc) is 2.54. The predicted octanol–water partition coefficient (Wildman–Crippen LogP) is 1.49. The molecule has 2 rings (SSSR count). The van der Waals surface area contributed by atoms with Gasteiger partial charge in [-0.25, -0.2) is 0 Å². The molecule has 0 saturated heterocycles. The molecular weight excluding hydrogens is 328 g/mol. The van der Waals surface area contributed by atoms with E-state index in [1.165, 1.54) is 25.3 Å². The van der Waals surface area contributed by atoms with Crippen LogP contribution in [-0.2, 0) is 0 Å². The van der Waals surface area contributed by atoms with Crippen molar-refractivity contribution in [1.82, 2.24) is 5.32 Å². The number of methoxy groups -OCH3 is 1. The number of carboxylic acid groups (broad SMARTS) is 1. The predicted molar refractivity (Wildman–Crippen MR) is 92.2 cm³/mol. The zero-order valence-corrected chi connectivity index (χ0v) is 13.9. The number of aromatic carboxylic acids is 1. The Kier molecular flexibility index (Phi) is 5.49. The number of thiocarbonyl (C=S) groups is 1. The molecule has 0 fully saturated rings. The second-order valence-electron chi connectivity index (χ2n) is 4.98. The van der Waals surface area contributed by atoms with Gasteiger partial charge in [0.05, 0.1) is 18.8 Å². The summed E-state index contributed by atoms with van der Waals surface area (Å²) in [7, 11) is 1.44. The quantitative estimate of drug-likeness (QED) is 0.818. The van der Waals surface area contributed by atoms with Gasteiger partial charge in [-0.1, -0.05) is 17.7 Å². The molecule has 0 unspecified atom stereocenters. The Morgan fingerprint density at radius 3 is 2.50 bits per heavy atom. The van der Waals surface area contributed by atoms with Gasteiger partial charge >= 0.3 is 0 Å². The van der Waals surface area contributed by atoms with Crippen LogP contribution in [0.15, 0.2) is 42.5 Å². The second-order valence-corrected chi connectivity index (χ2v) is 5.39. The van der Waals surface area contributed by atoms with Crippen LogP contribution in [0.25, 0.3) is 0 Å². The summed E-state index contributed by atoms with van der Waals surface area (Å²) < 4.78 is 5.14. The molecule has 0 aliphatic carbocycles. The van der Waals surface area contributed by atoms with Crippen LogP contribution < -0.4 is 20.5 Å². The van der Waals surface area contributed by atoms with Crippen molar-refractivity contribution >= 4 is 34.9 Å². The van der Waals surface area contributed by atoms with Crippen LogP contribution >= 0.6 is 12.2 Å². The van der Waals surface area contributed by atoms with E-state index in [1.54, 1.807) is 18.2 Å². The fourth-order valence-electron chi connectivity index (χ4n) is 2.05. The van der Waals surface area contributed by atoms with Gasteiger partial charge in [0.1, 0.15) is 5.75 Å². The smallest absolute Gasteiger partial charge is 0.257 e. The topological polar surface area (TPSA) is 90.5 Å². The highest BCUT2D eigenvalue weighted by atomic mass is 32.1. The highest BCUT2D eigenvalue weighted by molar-refractivity contribution is 7.80. The third-order valence-electron chi connectivity index (χ3n) is 3.19. The van der Waals surface area contributed by atoms with Crippen molar-refractivity contribution in [2.75, 3.05) is 12.4 Å². The van der Waals surface area contributed by atoms with E-state index >= 15 is 0 Å². The van der Waals surface area contributed by atoms with Crippen molar-refractivity contribution in [1.29, 1.82) is 0 Å². The summed E-state index contributed by atoms with van der Waals surface area (Å²) in [6.45, 7) is 1.88. The SMILES string of the molecule is COc1ccc(C(=O)[O-])cc1NC(=S)NC(=O)c1cccc(C)c1. The molecule has 6 nitrogen and oxygen atoms in total. The number of nitrogens with one attached hydrogen (secondary N) is 2. The summed E-state index contributed by atoms with van der Waals surface area (Å²) in [5, 5.41) is 16.3. The van der Waals surface area contributed by atoms with Crippen molar-refractivity contribution in [2.45, 2.75) is 6.92 Å². The first-order valence-corrected chi connectivity index (χ1v) is 7.40. The summed E-state index contributed by atoms with van der Waals surface area (Å²) >= 11 is 5.10. The van der Waals surface area contributed by atoms with Gasteiger partial charge in [-0.3, -0.25) is 10.1 Å². The molecule has 2 aromatic rings. The van der Waals surface area contributed by atoms with Crippen LogP contribution in [0.1, 0.15) is 26.3 Å². The molecule has 124 valence electrons. The van der Waals surface area contributed by atoms with Gasteiger partial charge < -0.3 is 20.0 Å². The number of carbonyl (C=O) groups excluding carboxylic acids is 2. The van der Waals surface area contributed by atoms with Gasteiger partial charge in [-0.2, -0.15) is 0 Å². The molecule has 0 aromatic heterocycles. The van der Waals surface area contributed by atoms with E-state index < -0.39 is 5.97 Å². The van der Waals surface area contributed by atoms with Crippen molar-refractivity contribution in [3.05, 3.63) is 59.2 Å². The number of hydrogen-bond donors (Lipinski definition) is 2. The lowest BCUT2D eigenvalue weighted by atomic mass is 10.1. The Balaban J connectivity index is 2.13. The number of hydrogen-bond acceptors (Lipinski definition) is 5. The first-order valence-electron chi connectivity index (χ1n) is 6.99. The van der Waals surface area contributed by atoms with Crippen molar-refractivity contribution in [3.8, 4) is 5.75 Å². The molecule has 1 amide bonds. The molecule has 0 aliphatic heterocycles. The number of aryl methyl sites for hydroxylation is 1. The minimum Gasteiger partial charge on any atom is -0.545 e. The van der Waals surface area contributed by atoms with E-state index in [-0.39, 0.29) is 16.6 Å². The molecule has 2 aromatic carbocycles. The number of rotatable bonds is 4. The fraction of sp³-hybridized carbons (Fsp3) is 0.118. The van der Waals surface area contributed by atoms with E-state index in [0.29, 0.717) is 17.0 Å². The number of ether oxygens (including phenoxy) is 1. The van der Waals surface area contributed by atoms with E-state index in [0.717, 1.165) is 5.56 Å². The number of amides is 1. The third-order valence-corrected chi connectivity index (χ3v) is 3.39. The normalized spacial score (nSPS) is 9.92. The van der Waals surface area contributed by atoms with Crippen LogP contribution in [0.2, 0.25) is 0 Å². The van der Waals surface area contributed by atoms with Gasteiger partial charge in [0.15, 0.2) is 5.11 Å². The molecule has 0 heterocycles. The lowest BCUT2D eigenvalue weighted by Gasteiger charge is -2.14. The average molecular weight is 343 g/mol. The van der Waals surface area contributed by atoms with Gasteiger partial charge in [-0.15, -0.1) is 0 Å². The van der Waals surface area contributed by atoms with Crippen molar-refractivity contribution in [3.63, 3.8) is 0 Å². The highest BCUT2D eigenvalue weighted by Crippen LogP contribution is 2.25. The first-order chi connectivity index (χ1) is 11.4. The van der Waals surface area contributed by atoms with E-state index in [4.69, 9.17) is 17.0 Å². The van der Waals surface area contributed by atoms with Crippen molar-refractivity contribution < 1.29 is 19.4 Å². The maximum absolute atomic E-state index is 12.2. The Morgan fingerprint density at radius 1 is 1.12 bits per heavy atom. The number of carboxylic acids is 1. The Bertz CT molecular complexity index is 805. The molecule has 0 bridgehead atoms. The molecule has 2 N–H and O–H groups in total.